The molecule has 0 aliphatic carbocycles. The van der Waals surface area contributed by atoms with E-state index in [1.54, 1.807) is 0 Å². The summed E-state index contributed by atoms with van der Waals surface area (Å²) >= 11 is 0. The smallest absolute Gasteiger partial charge is 0.157 e. The highest BCUT2D eigenvalue weighted by Crippen LogP contribution is 2.28. The van der Waals surface area contributed by atoms with Crippen LogP contribution >= 0.6 is 0 Å². The van der Waals surface area contributed by atoms with E-state index in [0.29, 0.717) is 5.78 Å². The molecular formula is C15H19NO2. The maximum absolute atomic E-state index is 12.6. The summed E-state index contributed by atoms with van der Waals surface area (Å²) in [7, 11) is 0. The first-order chi connectivity index (χ1) is 8.86. The van der Waals surface area contributed by atoms with Gasteiger partial charge in [0.15, 0.2) is 5.78 Å². The van der Waals surface area contributed by atoms with E-state index in [2.05, 4.69) is 23.5 Å². The lowest BCUT2D eigenvalue weighted by Crippen LogP contribution is -2.39. The molecule has 2 aliphatic rings. The van der Waals surface area contributed by atoms with Gasteiger partial charge in [-0.25, -0.2) is 0 Å². The molecule has 1 fully saturated rings. The highest BCUT2D eigenvalue weighted by molar-refractivity contribution is 5.88. The minimum absolute atomic E-state index is 0.0990. The molecule has 0 bridgehead atoms. The SMILES string of the molecule is O=C(C1CCOCC1)C1NCCc2ccccc21. The Balaban J connectivity index is 1.82. The lowest BCUT2D eigenvalue weighted by atomic mass is 9.84. The van der Waals surface area contributed by atoms with Crippen molar-refractivity contribution in [2.75, 3.05) is 19.8 Å². The van der Waals surface area contributed by atoms with Gasteiger partial charge in [0.05, 0.1) is 6.04 Å². The monoisotopic (exact) mass is 245 g/mol. The second-order valence-electron chi connectivity index (χ2n) is 5.12. The minimum atomic E-state index is -0.0990. The number of carbonyl (C=O) groups excluding carboxylic acids is 1. The highest BCUT2D eigenvalue weighted by Gasteiger charge is 2.31. The first-order valence-electron chi connectivity index (χ1n) is 6.79. The van der Waals surface area contributed by atoms with Gasteiger partial charge in [0.25, 0.3) is 0 Å². The van der Waals surface area contributed by atoms with Gasteiger partial charge >= 0.3 is 0 Å². The molecule has 0 radical (unpaired) electrons. The predicted octanol–water partition coefficient (Wildman–Crippen LogP) is 1.87. The fraction of sp³-hybridized carbons (Fsp3) is 0.533. The molecule has 1 atom stereocenters. The molecule has 96 valence electrons. The van der Waals surface area contributed by atoms with Gasteiger partial charge in [-0.05, 0) is 30.4 Å². The number of fused-ring (bicyclic) bond motifs is 1. The second-order valence-corrected chi connectivity index (χ2v) is 5.12. The Hall–Kier alpha value is -1.19. The Morgan fingerprint density at radius 1 is 1.22 bits per heavy atom. The summed E-state index contributed by atoms with van der Waals surface area (Å²) in [6.07, 6.45) is 2.77. The number of nitrogens with one attached hydrogen (secondary N) is 1. The first kappa shape index (κ1) is 11.9. The molecule has 0 amide bonds. The van der Waals surface area contributed by atoms with Crippen LogP contribution in [0.2, 0.25) is 0 Å². The number of hydrogen-bond donors (Lipinski definition) is 1. The van der Waals surface area contributed by atoms with Crippen molar-refractivity contribution in [2.24, 2.45) is 5.92 Å². The summed E-state index contributed by atoms with van der Waals surface area (Å²) in [4.78, 5) is 12.6. The van der Waals surface area contributed by atoms with Crippen molar-refractivity contribution < 1.29 is 9.53 Å². The van der Waals surface area contributed by atoms with Crippen molar-refractivity contribution in [3.8, 4) is 0 Å². The van der Waals surface area contributed by atoms with Crippen LogP contribution in [0, 0.1) is 5.92 Å². The van der Waals surface area contributed by atoms with Crippen LogP contribution in [0.1, 0.15) is 30.0 Å². The Kier molecular flexibility index (Phi) is 3.43. The molecule has 1 unspecified atom stereocenters. The van der Waals surface area contributed by atoms with Gasteiger partial charge in [-0.2, -0.15) is 0 Å². The number of Topliss-reactive ketones (excluding diaryl/α,β-unsaturated/α-hetero) is 1. The van der Waals surface area contributed by atoms with E-state index in [-0.39, 0.29) is 12.0 Å². The maximum atomic E-state index is 12.6. The lowest BCUT2D eigenvalue weighted by molar-refractivity contribution is -0.128. The third-order valence-electron chi connectivity index (χ3n) is 4.02. The molecule has 3 nitrogen and oxygen atoms in total. The van der Waals surface area contributed by atoms with Crippen LogP contribution in [0.3, 0.4) is 0 Å². The molecule has 1 aromatic carbocycles. The van der Waals surface area contributed by atoms with Crippen molar-refractivity contribution in [3.63, 3.8) is 0 Å². The predicted molar refractivity (Wildman–Crippen MR) is 69.4 cm³/mol. The van der Waals surface area contributed by atoms with Crippen LogP contribution in [-0.2, 0) is 16.0 Å². The number of hydrogen-bond acceptors (Lipinski definition) is 3. The van der Waals surface area contributed by atoms with Crippen molar-refractivity contribution in [1.82, 2.24) is 5.32 Å². The van der Waals surface area contributed by atoms with Crippen molar-refractivity contribution in [2.45, 2.75) is 25.3 Å². The Labute approximate surface area is 108 Å². The summed E-state index contributed by atoms with van der Waals surface area (Å²) < 4.78 is 5.33. The van der Waals surface area contributed by atoms with E-state index in [1.165, 1.54) is 11.1 Å². The highest BCUT2D eigenvalue weighted by atomic mass is 16.5. The molecule has 0 saturated carbocycles. The van der Waals surface area contributed by atoms with Gasteiger partial charge in [-0.15, -0.1) is 0 Å². The van der Waals surface area contributed by atoms with Crippen LogP contribution in [-0.4, -0.2) is 25.5 Å². The largest absolute Gasteiger partial charge is 0.381 e. The Bertz CT molecular complexity index is 438. The third kappa shape index (κ3) is 2.20. The fourth-order valence-electron chi connectivity index (χ4n) is 2.98. The Morgan fingerprint density at radius 3 is 2.83 bits per heavy atom. The standard InChI is InChI=1S/C15H19NO2/c17-15(12-6-9-18-10-7-12)14-13-4-2-1-3-11(13)5-8-16-14/h1-4,12,14,16H,5-10H2. The molecule has 3 heteroatoms. The zero-order chi connectivity index (χ0) is 12.4. The molecule has 18 heavy (non-hydrogen) atoms. The zero-order valence-corrected chi connectivity index (χ0v) is 10.5. The quantitative estimate of drug-likeness (QED) is 0.864. The number of carbonyl (C=O) groups is 1. The van der Waals surface area contributed by atoms with Crippen LogP contribution < -0.4 is 5.32 Å². The summed E-state index contributed by atoms with van der Waals surface area (Å²) in [6.45, 7) is 2.35. The molecule has 3 rings (SSSR count). The van der Waals surface area contributed by atoms with Crippen LogP contribution in [0.15, 0.2) is 24.3 Å². The molecule has 0 aromatic heterocycles. The van der Waals surface area contributed by atoms with E-state index in [0.717, 1.165) is 39.0 Å². The van der Waals surface area contributed by atoms with Gasteiger partial charge in [0, 0.05) is 25.7 Å². The van der Waals surface area contributed by atoms with Gasteiger partial charge in [0.2, 0.25) is 0 Å². The van der Waals surface area contributed by atoms with Crippen LogP contribution in [0.5, 0.6) is 0 Å². The van der Waals surface area contributed by atoms with Gasteiger partial charge in [-0.3, -0.25) is 4.79 Å². The van der Waals surface area contributed by atoms with Crippen LogP contribution in [0.25, 0.3) is 0 Å². The third-order valence-corrected chi connectivity index (χ3v) is 4.02. The van der Waals surface area contributed by atoms with Crippen molar-refractivity contribution in [1.29, 1.82) is 0 Å². The molecular weight excluding hydrogens is 226 g/mol. The van der Waals surface area contributed by atoms with E-state index in [1.807, 2.05) is 6.07 Å². The molecule has 0 spiro atoms. The summed E-state index contributed by atoms with van der Waals surface area (Å²) in [5.74, 6) is 0.521. The molecule has 2 heterocycles. The maximum Gasteiger partial charge on any atom is 0.157 e. The number of ketones is 1. The van der Waals surface area contributed by atoms with E-state index in [9.17, 15) is 4.79 Å². The van der Waals surface area contributed by atoms with Crippen molar-refractivity contribution >= 4 is 5.78 Å². The Morgan fingerprint density at radius 2 is 2.00 bits per heavy atom. The number of ether oxygens (including phenoxy) is 1. The summed E-state index contributed by atoms with van der Waals surface area (Å²) in [5, 5.41) is 3.38. The number of rotatable bonds is 2. The van der Waals surface area contributed by atoms with E-state index in [4.69, 9.17) is 4.74 Å². The average molecular weight is 245 g/mol. The summed E-state index contributed by atoms with van der Waals surface area (Å²) in [5.41, 5.74) is 2.50. The fourth-order valence-corrected chi connectivity index (χ4v) is 2.98. The molecule has 1 N–H and O–H groups in total. The zero-order valence-electron chi connectivity index (χ0n) is 10.5. The summed E-state index contributed by atoms with van der Waals surface area (Å²) in [6, 6.07) is 8.21. The first-order valence-corrected chi connectivity index (χ1v) is 6.79. The molecule has 1 aromatic rings. The van der Waals surface area contributed by atoms with E-state index >= 15 is 0 Å². The van der Waals surface area contributed by atoms with Crippen LogP contribution in [0.4, 0.5) is 0 Å². The van der Waals surface area contributed by atoms with Gasteiger partial charge < -0.3 is 10.1 Å². The number of benzene rings is 1. The van der Waals surface area contributed by atoms with Gasteiger partial charge in [0.1, 0.15) is 0 Å². The minimum Gasteiger partial charge on any atom is -0.381 e. The second kappa shape index (κ2) is 5.21. The van der Waals surface area contributed by atoms with E-state index < -0.39 is 0 Å². The molecule has 1 saturated heterocycles. The topological polar surface area (TPSA) is 38.3 Å². The average Bonchev–Trinajstić information content (AvgIpc) is 2.47. The molecule has 2 aliphatic heterocycles. The lowest BCUT2D eigenvalue weighted by Gasteiger charge is -2.30. The normalized spacial score (nSPS) is 24.6. The van der Waals surface area contributed by atoms with Crippen molar-refractivity contribution in [3.05, 3.63) is 35.4 Å². The van der Waals surface area contributed by atoms with Gasteiger partial charge in [-0.1, -0.05) is 24.3 Å².